The van der Waals surface area contributed by atoms with Gasteiger partial charge >= 0.3 is 0 Å². The Hall–Kier alpha value is -1.66. The molecule has 1 fully saturated rings. The number of rotatable bonds is 7. The number of nitrogens with one attached hydrogen (secondary N) is 1. The van der Waals surface area contributed by atoms with Crippen LogP contribution in [0, 0.1) is 0 Å². The molecule has 1 heterocycles. The van der Waals surface area contributed by atoms with Crippen LogP contribution in [-0.4, -0.2) is 50.8 Å². The molecule has 0 radical (unpaired) electrons. The number of anilines is 2. The van der Waals surface area contributed by atoms with Crippen LogP contribution in [0.4, 0.5) is 11.4 Å². The van der Waals surface area contributed by atoms with Crippen LogP contribution in [-0.2, 0) is 9.53 Å². The molecule has 0 spiro atoms. The molecular formula is C17H25ClN2O4. The third-order valence-electron chi connectivity index (χ3n) is 3.63. The van der Waals surface area contributed by atoms with Gasteiger partial charge in [-0.2, -0.15) is 0 Å². The first-order valence-corrected chi connectivity index (χ1v) is 8.71. The lowest BCUT2D eigenvalue weighted by atomic mass is 10.2. The minimum atomic E-state index is -0.631. The van der Waals surface area contributed by atoms with Crippen LogP contribution in [0.3, 0.4) is 0 Å². The third-order valence-corrected chi connectivity index (χ3v) is 3.83. The molecule has 1 aliphatic rings. The first-order valence-electron chi connectivity index (χ1n) is 8.28. The number of hydrogen-bond acceptors (Lipinski definition) is 5. The molecule has 1 atom stereocenters. The van der Waals surface area contributed by atoms with Crippen molar-refractivity contribution in [2.75, 3.05) is 49.7 Å². The Bertz CT molecular complexity index is 560. The molecule has 0 bridgehead atoms. The Morgan fingerprint density at radius 2 is 1.88 bits per heavy atom. The Kier molecular flexibility index (Phi) is 6.99. The molecule has 0 saturated carbocycles. The lowest BCUT2D eigenvalue weighted by molar-refractivity contribution is -0.115. The first-order chi connectivity index (χ1) is 11.6. The number of morpholine rings is 1. The summed E-state index contributed by atoms with van der Waals surface area (Å²) >= 11 is 5.86. The molecule has 1 amide bonds. The molecule has 1 saturated heterocycles. The van der Waals surface area contributed by atoms with Crippen LogP contribution in [0.5, 0.6) is 11.5 Å². The van der Waals surface area contributed by atoms with E-state index in [0.29, 0.717) is 43.6 Å². The second-order valence-corrected chi connectivity index (χ2v) is 6.04. The quantitative estimate of drug-likeness (QED) is 0.761. The van der Waals surface area contributed by atoms with Crippen molar-refractivity contribution < 1.29 is 19.0 Å². The monoisotopic (exact) mass is 356 g/mol. The van der Waals surface area contributed by atoms with Gasteiger partial charge in [0.1, 0.15) is 16.9 Å². The van der Waals surface area contributed by atoms with Gasteiger partial charge in [-0.15, -0.1) is 11.6 Å². The second-order valence-electron chi connectivity index (χ2n) is 5.39. The summed E-state index contributed by atoms with van der Waals surface area (Å²) in [5.41, 5.74) is 1.51. The molecule has 6 nitrogen and oxygen atoms in total. The standard InChI is InChI=1S/C17H25ClN2O4/c1-4-23-15-11-14(20-6-8-22-9-7-20)16(24-5-2)10-13(15)19-17(21)12(3)18/h10-12H,4-9H2,1-3H3,(H,19,21). The Morgan fingerprint density at radius 3 is 2.46 bits per heavy atom. The van der Waals surface area contributed by atoms with Crippen molar-refractivity contribution in [3.8, 4) is 11.5 Å². The molecule has 1 N–H and O–H groups in total. The van der Waals surface area contributed by atoms with Gasteiger partial charge in [0, 0.05) is 25.2 Å². The maximum absolute atomic E-state index is 12.0. The first kappa shape index (κ1) is 18.7. The Balaban J connectivity index is 2.39. The average molecular weight is 357 g/mol. The number of hydrogen-bond donors (Lipinski definition) is 1. The Labute approximate surface area is 148 Å². The van der Waals surface area contributed by atoms with Crippen molar-refractivity contribution in [1.82, 2.24) is 0 Å². The summed E-state index contributed by atoms with van der Waals surface area (Å²) in [5.74, 6) is 1.03. The number of amides is 1. The van der Waals surface area contributed by atoms with E-state index in [4.69, 9.17) is 25.8 Å². The molecule has 0 aliphatic carbocycles. The van der Waals surface area contributed by atoms with E-state index in [2.05, 4.69) is 10.2 Å². The summed E-state index contributed by atoms with van der Waals surface area (Å²) in [6, 6.07) is 3.71. The van der Waals surface area contributed by atoms with Crippen LogP contribution in [0.15, 0.2) is 12.1 Å². The molecule has 134 valence electrons. The smallest absolute Gasteiger partial charge is 0.242 e. The van der Waals surface area contributed by atoms with Crippen molar-refractivity contribution in [2.24, 2.45) is 0 Å². The number of benzene rings is 1. The molecule has 1 aromatic carbocycles. The van der Waals surface area contributed by atoms with E-state index < -0.39 is 5.38 Å². The summed E-state index contributed by atoms with van der Waals surface area (Å²) in [6.07, 6.45) is 0. The van der Waals surface area contributed by atoms with Gasteiger partial charge in [0.2, 0.25) is 5.91 Å². The predicted octanol–water partition coefficient (Wildman–Crippen LogP) is 2.89. The van der Waals surface area contributed by atoms with Crippen molar-refractivity contribution in [3.05, 3.63) is 12.1 Å². The van der Waals surface area contributed by atoms with E-state index in [1.165, 1.54) is 0 Å². The lowest BCUT2D eigenvalue weighted by Gasteiger charge is -2.31. The summed E-state index contributed by atoms with van der Waals surface area (Å²) in [5, 5.41) is 2.17. The zero-order valence-corrected chi connectivity index (χ0v) is 15.2. The zero-order chi connectivity index (χ0) is 17.5. The van der Waals surface area contributed by atoms with E-state index >= 15 is 0 Å². The zero-order valence-electron chi connectivity index (χ0n) is 14.4. The fourth-order valence-corrected chi connectivity index (χ4v) is 2.53. The fraction of sp³-hybridized carbons (Fsp3) is 0.588. The highest BCUT2D eigenvalue weighted by atomic mass is 35.5. The van der Waals surface area contributed by atoms with Crippen molar-refractivity contribution >= 4 is 28.9 Å². The van der Waals surface area contributed by atoms with Crippen molar-refractivity contribution in [3.63, 3.8) is 0 Å². The molecule has 1 unspecified atom stereocenters. The minimum absolute atomic E-state index is 0.279. The Morgan fingerprint density at radius 1 is 1.25 bits per heavy atom. The largest absolute Gasteiger partial charge is 0.492 e. The molecule has 1 aliphatic heterocycles. The summed E-state index contributed by atoms with van der Waals surface area (Å²) < 4.78 is 16.9. The molecule has 2 rings (SSSR count). The van der Waals surface area contributed by atoms with E-state index in [1.807, 2.05) is 19.9 Å². The van der Waals surface area contributed by atoms with Gasteiger partial charge in [-0.05, 0) is 20.8 Å². The second kappa shape index (κ2) is 8.99. The normalized spacial score (nSPS) is 15.8. The van der Waals surface area contributed by atoms with Crippen LogP contribution < -0.4 is 19.7 Å². The number of ether oxygens (including phenoxy) is 3. The van der Waals surface area contributed by atoms with Crippen LogP contribution in [0.25, 0.3) is 0 Å². The number of nitrogens with zero attached hydrogens (tertiary/aromatic N) is 1. The highest BCUT2D eigenvalue weighted by molar-refractivity contribution is 6.32. The summed E-state index contributed by atoms with van der Waals surface area (Å²) in [4.78, 5) is 14.2. The van der Waals surface area contributed by atoms with E-state index in [0.717, 1.165) is 18.8 Å². The van der Waals surface area contributed by atoms with Crippen LogP contribution >= 0.6 is 11.6 Å². The van der Waals surface area contributed by atoms with Gasteiger partial charge in [0.05, 0.1) is 37.8 Å². The molecular weight excluding hydrogens is 332 g/mol. The van der Waals surface area contributed by atoms with E-state index in [-0.39, 0.29) is 5.91 Å². The van der Waals surface area contributed by atoms with Gasteiger partial charge in [-0.1, -0.05) is 0 Å². The minimum Gasteiger partial charge on any atom is -0.492 e. The van der Waals surface area contributed by atoms with E-state index in [1.54, 1.807) is 13.0 Å². The van der Waals surface area contributed by atoms with Gasteiger partial charge in [0.25, 0.3) is 0 Å². The lowest BCUT2D eigenvalue weighted by Crippen LogP contribution is -2.36. The summed E-state index contributed by atoms with van der Waals surface area (Å²) in [6.45, 7) is 9.42. The highest BCUT2D eigenvalue weighted by Gasteiger charge is 2.21. The summed E-state index contributed by atoms with van der Waals surface area (Å²) in [7, 11) is 0. The molecule has 24 heavy (non-hydrogen) atoms. The molecule has 7 heteroatoms. The van der Waals surface area contributed by atoms with Crippen LogP contribution in [0.2, 0.25) is 0 Å². The number of halogens is 1. The van der Waals surface area contributed by atoms with Gasteiger partial charge in [0.15, 0.2) is 0 Å². The van der Waals surface area contributed by atoms with E-state index in [9.17, 15) is 4.79 Å². The molecule has 0 aromatic heterocycles. The predicted molar refractivity (Wildman–Crippen MR) is 95.8 cm³/mol. The maximum Gasteiger partial charge on any atom is 0.242 e. The SMILES string of the molecule is CCOc1cc(N2CCOCC2)c(OCC)cc1NC(=O)C(C)Cl. The average Bonchev–Trinajstić information content (AvgIpc) is 2.58. The maximum atomic E-state index is 12.0. The van der Waals surface area contributed by atoms with Gasteiger partial charge < -0.3 is 24.4 Å². The van der Waals surface area contributed by atoms with Crippen LogP contribution in [0.1, 0.15) is 20.8 Å². The third kappa shape index (κ3) is 4.68. The van der Waals surface area contributed by atoms with Crippen molar-refractivity contribution in [1.29, 1.82) is 0 Å². The number of carbonyl (C=O) groups is 1. The fourth-order valence-electron chi connectivity index (χ4n) is 2.48. The molecule has 1 aromatic rings. The highest BCUT2D eigenvalue weighted by Crippen LogP contribution is 2.39. The topological polar surface area (TPSA) is 60.0 Å². The number of alkyl halides is 1. The number of carbonyl (C=O) groups excluding carboxylic acids is 1. The van der Waals surface area contributed by atoms with Crippen molar-refractivity contribution in [2.45, 2.75) is 26.1 Å². The van der Waals surface area contributed by atoms with Gasteiger partial charge in [-0.25, -0.2) is 0 Å². The van der Waals surface area contributed by atoms with Gasteiger partial charge in [-0.3, -0.25) is 4.79 Å².